The first kappa shape index (κ1) is 14.2. The van der Waals surface area contributed by atoms with Gasteiger partial charge in [-0.1, -0.05) is 13.0 Å². The molecule has 2 rings (SSSR count). The summed E-state index contributed by atoms with van der Waals surface area (Å²) in [6.07, 6.45) is 2.85. The first-order chi connectivity index (χ1) is 9.54. The Bertz CT molecular complexity index is 681. The Labute approximate surface area is 116 Å². The third-order valence-electron chi connectivity index (χ3n) is 3.36. The van der Waals surface area contributed by atoms with Crippen LogP contribution < -0.4 is 10.9 Å². The number of hydrogen-bond acceptors (Lipinski definition) is 4. The molecule has 2 atom stereocenters. The van der Waals surface area contributed by atoms with Gasteiger partial charge in [-0.3, -0.25) is 14.0 Å². The molecule has 1 amide bonds. The van der Waals surface area contributed by atoms with Gasteiger partial charge in [-0.15, -0.1) is 0 Å². The standard InChI is InChI=1S/C14H17N3O3/c1-9(8-18)10(2)16-13(19)11-7-15-12-5-3-4-6-17(12)14(11)20/h3-7,9-10,18H,8H2,1-2H3,(H,16,19). The van der Waals surface area contributed by atoms with Crippen molar-refractivity contribution < 1.29 is 9.90 Å². The summed E-state index contributed by atoms with van der Waals surface area (Å²) in [5.74, 6) is -0.566. The lowest BCUT2D eigenvalue weighted by Gasteiger charge is -2.18. The van der Waals surface area contributed by atoms with Crippen LogP contribution in [0.3, 0.4) is 0 Å². The summed E-state index contributed by atoms with van der Waals surface area (Å²) in [6, 6.07) is 4.93. The lowest BCUT2D eigenvalue weighted by atomic mass is 10.0. The number of aromatic nitrogens is 2. The first-order valence-corrected chi connectivity index (χ1v) is 6.42. The highest BCUT2D eigenvalue weighted by molar-refractivity contribution is 5.93. The minimum absolute atomic E-state index is 0.00862. The van der Waals surface area contributed by atoms with E-state index < -0.39 is 11.5 Å². The second kappa shape index (κ2) is 5.83. The van der Waals surface area contributed by atoms with Crippen LogP contribution in [0.15, 0.2) is 35.4 Å². The Balaban J connectivity index is 2.31. The first-order valence-electron chi connectivity index (χ1n) is 6.42. The molecule has 2 unspecified atom stereocenters. The van der Waals surface area contributed by atoms with E-state index in [0.29, 0.717) is 5.65 Å². The molecule has 0 bridgehead atoms. The second-order valence-corrected chi connectivity index (χ2v) is 4.83. The van der Waals surface area contributed by atoms with E-state index in [1.165, 1.54) is 10.6 Å². The van der Waals surface area contributed by atoms with Gasteiger partial charge in [0.15, 0.2) is 0 Å². The second-order valence-electron chi connectivity index (χ2n) is 4.83. The molecule has 0 saturated carbocycles. The lowest BCUT2D eigenvalue weighted by molar-refractivity contribution is 0.0914. The van der Waals surface area contributed by atoms with Crippen LogP contribution in [0.5, 0.6) is 0 Å². The van der Waals surface area contributed by atoms with E-state index in [1.807, 2.05) is 6.92 Å². The van der Waals surface area contributed by atoms with Crippen molar-refractivity contribution in [3.63, 3.8) is 0 Å². The molecule has 0 saturated heterocycles. The normalized spacial score (nSPS) is 13.9. The molecule has 0 aliphatic rings. The Morgan fingerprint density at radius 3 is 2.90 bits per heavy atom. The topological polar surface area (TPSA) is 83.7 Å². The molecule has 6 heteroatoms. The third-order valence-corrected chi connectivity index (χ3v) is 3.36. The predicted octanol–water partition coefficient (Wildman–Crippen LogP) is 0.441. The summed E-state index contributed by atoms with van der Waals surface area (Å²) in [7, 11) is 0. The quantitative estimate of drug-likeness (QED) is 0.848. The summed E-state index contributed by atoms with van der Waals surface area (Å²) in [5.41, 5.74) is 0.0773. The molecule has 106 valence electrons. The van der Waals surface area contributed by atoms with Gasteiger partial charge in [0.25, 0.3) is 11.5 Å². The highest BCUT2D eigenvalue weighted by atomic mass is 16.3. The monoisotopic (exact) mass is 275 g/mol. The fourth-order valence-electron chi connectivity index (χ4n) is 1.77. The molecular weight excluding hydrogens is 258 g/mol. The lowest BCUT2D eigenvalue weighted by Crippen LogP contribution is -2.41. The van der Waals surface area contributed by atoms with E-state index in [2.05, 4.69) is 10.3 Å². The number of pyridine rings is 1. The molecule has 0 fully saturated rings. The maximum absolute atomic E-state index is 12.2. The molecule has 2 N–H and O–H groups in total. The molecular formula is C14H17N3O3. The molecule has 2 aromatic rings. The summed E-state index contributed by atoms with van der Waals surface area (Å²) in [6.45, 7) is 3.57. The Hall–Kier alpha value is -2.21. The maximum atomic E-state index is 12.2. The van der Waals surface area contributed by atoms with Gasteiger partial charge in [-0.2, -0.15) is 0 Å². The summed E-state index contributed by atoms with van der Waals surface area (Å²) in [4.78, 5) is 28.4. The van der Waals surface area contributed by atoms with Crippen molar-refractivity contribution in [1.82, 2.24) is 14.7 Å². The van der Waals surface area contributed by atoms with Crippen LogP contribution in [0.4, 0.5) is 0 Å². The predicted molar refractivity (Wildman–Crippen MR) is 74.6 cm³/mol. The Morgan fingerprint density at radius 2 is 2.20 bits per heavy atom. The molecule has 0 radical (unpaired) electrons. The van der Waals surface area contributed by atoms with Gasteiger partial charge in [0.2, 0.25) is 0 Å². The number of carbonyl (C=O) groups excluding carboxylic acids is 1. The van der Waals surface area contributed by atoms with Gasteiger partial charge in [-0.25, -0.2) is 4.98 Å². The van der Waals surface area contributed by atoms with Crippen LogP contribution in [0.25, 0.3) is 5.65 Å². The number of nitrogens with one attached hydrogen (secondary N) is 1. The molecule has 6 nitrogen and oxygen atoms in total. The van der Waals surface area contributed by atoms with E-state index in [1.54, 1.807) is 31.3 Å². The number of aliphatic hydroxyl groups excluding tert-OH is 1. The number of amides is 1. The van der Waals surface area contributed by atoms with Crippen molar-refractivity contribution in [3.05, 3.63) is 46.5 Å². The van der Waals surface area contributed by atoms with Crippen molar-refractivity contribution in [2.45, 2.75) is 19.9 Å². The van der Waals surface area contributed by atoms with Crippen molar-refractivity contribution >= 4 is 11.6 Å². The van der Waals surface area contributed by atoms with Gasteiger partial charge in [0.1, 0.15) is 11.2 Å². The van der Waals surface area contributed by atoms with Crippen LogP contribution in [0, 0.1) is 5.92 Å². The smallest absolute Gasteiger partial charge is 0.270 e. The number of carbonyl (C=O) groups is 1. The van der Waals surface area contributed by atoms with Crippen LogP contribution >= 0.6 is 0 Å². The summed E-state index contributed by atoms with van der Waals surface area (Å²) < 4.78 is 1.33. The maximum Gasteiger partial charge on any atom is 0.270 e. The zero-order chi connectivity index (χ0) is 14.7. The molecule has 0 aliphatic carbocycles. The third kappa shape index (κ3) is 2.70. The highest BCUT2D eigenvalue weighted by Gasteiger charge is 2.18. The average molecular weight is 275 g/mol. The van der Waals surface area contributed by atoms with Crippen molar-refractivity contribution in [3.8, 4) is 0 Å². The highest BCUT2D eigenvalue weighted by Crippen LogP contribution is 2.03. The van der Waals surface area contributed by atoms with Crippen LogP contribution in [-0.2, 0) is 0 Å². The fourth-order valence-corrected chi connectivity index (χ4v) is 1.77. The minimum Gasteiger partial charge on any atom is -0.396 e. The Kier molecular flexibility index (Phi) is 4.14. The van der Waals surface area contributed by atoms with E-state index in [-0.39, 0.29) is 24.1 Å². The molecule has 0 aliphatic heterocycles. The number of aliphatic hydroxyl groups is 1. The average Bonchev–Trinajstić information content (AvgIpc) is 2.46. The molecule has 2 heterocycles. The molecule has 0 spiro atoms. The largest absolute Gasteiger partial charge is 0.396 e. The number of nitrogens with zero attached hydrogens (tertiary/aromatic N) is 2. The molecule has 0 aromatic carbocycles. The summed E-state index contributed by atoms with van der Waals surface area (Å²) >= 11 is 0. The summed E-state index contributed by atoms with van der Waals surface area (Å²) in [5, 5.41) is 11.8. The van der Waals surface area contributed by atoms with Crippen LogP contribution in [0.1, 0.15) is 24.2 Å². The Morgan fingerprint density at radius 1 is 1.45 bits per heavy atom. The van der Waals surface area contributed by atoms with Gasteiger partial charge in [0.05, 0.1) is 0 Å². The van der Waals surface area contributed by atoms with E-state index in [9.17, 15) is 9.59 Å². The van der Waals surface area contributed by atoms with Gasteiger partial charge in [-0.05, 0) is 25.0 Å². The minimum atomic E-state index is -0.478. The molecule has 20 heavy (non-hydrogen) atoms. The van der Waals surface area contributed by atoms with E-state index in [0.717, 1.165) is 0 Å². The van der Waals surface area contributed by atoms with Crippen molar-refractivity contribution in [2.75, 3.05) is 6.61 Å². The molecule has 2 aromatic heterocycles. The number of fused-ring (bicyclic) bond motifs is 1. The number of hydrogen-bond donors (Lipinski definition) is 2. The zero-order valence-corrected chi connectivity index (χ0v) is 11.4. The van der Waals surface area contributed by atoms with Gasteiger partial charge < -0.3 is 10.4 Å². The van der Waals surface area contributed by atoms with Crippen LogP contribution in [-0.4, -0.2) is 33.0 Å². The van der Waals surface area contributed by atoms with E-state index >= 15 is 0 Å². The van der Waals surface area contributed by atoms with E-state index in [4.69, 9.17) is 5.11 Å². The van der Waals surface area contributed by atoms with Gasteiger partial charge >= 0.3 is 0 Å². The van der Waals surface area contributed by atoms with Gasteiger partial charge in [0, 0.05) is 25.0 Å². The van der Waals surface area contributed by atoms with Crippen molar-refractivity contribution in [2.24, 2.45) is 5.92 Å². The number of rotatable bonds is 4. The SMILES string of the molecule is CC(CO)C(C)NC(=O)c1cnc2ccccn2c1=O. The fraction of sp³-hybridized carbons (Fsp3) is 0.357. The zero-order valence-electron chi connectivity index (χ0n) is 11.4. The van der Waals surface area contributed by atoms with Crippen molar-refractivity contribution in [1.29, 1.82) is 0 Å². The van der Waals surface area contributed by atoms with Crippen LogP contribution in [0.2, 0.25) is 0 Å².